The van der Waals surface area contributed by atoms with Gasteiger partial charge < -0.3 is 5.32 Å². The molecule has 4 nitrogen and oxygen atoms in total. The average molecular weight is 138 g/mol. The first kappa shape index (κ1) is 5.85. The van der Waals surface area contributed by atoms with E-state index < -0.39 is 0 Å². The summed E-state index contributed by atoms with van der Waals surface area (Å²) in [7, 11) is 1.92. The molecule has 1 saturated heterocycles. The highest BCUT2D eigenvalue weighted by molar-refractivity contribution is 5.05. The van der Waals surface area contributed by atoms with Crippen molar-refractivity contribution in [3.05, 3.63) is 11.9 Å². The minimum atomic E-state index is 0.500. The number of nitrogens with zero attached hydrogens (tertiary/aromatic N) is 3. The normalized spacial score (nSPS) is 24.3. The van der Waals surface area contributed by atoms with Gasteiger partial charge in [0, 0.05) is 7.05 Å². The molecule has 4 heteroatoms. The van der Waals surface area contributed by atoms with Crippen LogP contribution in [0.4, 0.5) is 0 Å². The summed E-state index contributed by atoms with van der Waals surface area (Å²) in [5.74, 6) is 0. The fraction of sp³-hybridized carbons (Fsp3) is 0.667. The average Bonchev–Trinajstić information content (AvgIpc) is 2.12. The van der Waals surface area contributed by atoms with Gasteiger partial charge in [-0.25, -0.2) is 0 Å². The molecular formula is C6H10N4. The summed E-state index contributed by atoms with van der Waals surface area (Å²) in [6.07, 6.45) is 3.03. The monoisotopic (exact) mass is 138 g/mol. The first-order valence-electron chi connectivity index (χ1n) is 3.46. The third-order valence-corrected chi connectivity index (χ3v) is 1.93. The lowest BCUT2D eigenvalue weighted by Crippen LogP contribution is -2.36. The second-order valence-electron chi connectivity index (χ2n) is 2.58. The smallest absolute Gasteiger partial charge is 0.0753 e. The Balaban J connectivity index is 2.23. The first-order chi connectivity index (χ1) is 4.88. The number of rotatable bonds is 1. The molecule has 0 amide bonds. The van der Waals surface area contributed by atoms with E-state index in [9.17, 15) is 0 Å². The number of hydrogen-bond donors (Lipinski definition) is 1. The van der Waals surface area contributed by atoms with Crippen LogP contribution in [0.1, 0.15) is 18.2 Å². The standard InChI is InChI=1S/C6H10N4/c1-10-6(4-8-9-10)5-2-3-7-5/h4-5,7H,2-3H2,1H3. The maximum absolute atomic E-state index is 3.85. The van der Waals surface area contributed by atoms with Crippen LogP contribution in [-0.4, -0.2) is 21.5 Å². The maximum Gasteiger partial charge on any atom is 0.0753 e. The number of hydrogen-bond acceptors (Lipinski definition) is 3. The van der Waals surface area contributed by atoms with Crippen LogP contribution >= 0.6 is 0 Å². The maximum atomic E-state index is 3.85. The van der Waals surface area contributed by atoms with Gasteiger partial charge in [-0.15, -0.1) is 5.10 Å². The Morgan fingerprint density at radius 3 is 3.00 bits per heavy atom. The molecule has 1 aromatic heterocycles. The van der Waals surface area contributed by atoms with Crippen molar-refractivity contribution < 1.29 is 0 Å². The molecule has 1 aliphatic heterocycles. The topological polar surface area (TPSA) is 42.7 Å². The Bertz CT molecular complexity index is 225. The molecule has 0 spiro atoms. The van der Waals surface area contributed by atoms with Gasteiger partial charge in [0.25, 0.3) is 0 Å². The fourth-order valence-electron chi connectivity index (χ4n) is 1.15. The number of nitrogens with one attached hydrogen (secondary N) is 1. The molecule has 1 aromatic rings. The predicted octanol–water partition coefficient (Wildman–Crippen LogP) is -0.151. The Morgan fingerprint density at radius 2 is 2.60 bits per heavy atom. The van der Waals surface area contributed by atoms with E-state index in [0.717, 1.165) is 6.54 Å². The molecule has 1 fully saturated rings. The van der Waals surface area contributed by atoms with Crippen molar-refractivity contribution in [2.24, 2.45) is 7.05 Å². The van der Waals surface area contributed by atoms with Crippen LogP contribution in [0.5, 0.6) is 0 Å². The van der Waals surface area contributed by atoms with E-state index in [1.807, 2.05) is 17.9 Å². The third-order valence-electron chi connectivity index (χ3n) is 1.93. The van der Waals surface area contributed by atoms with Crippen molar-refractivity contribution >= 4 is 0 Å². The Morgan fingerprint density at radius 1 is 1.80 bits per heavy atom. The summed E-state index contributed by atoms with van der Waals surface area (Å²) in [5.41, 5.74) is 1.19. The van der Waals surface area contributed by atoms with Crippen molar-refractivity contribution in [3.8, 4) is 0 Å². The molecule has 1 N–H and O–H groups in total. The van der Waals surface area contributed by atoms with Crippen molar-refractivity contribution in [2.45, 2.75) is 12.5 Å². The van der Waals surface area contributed by atoms with Gasteiger partial charge in [-0.05, 0) is 13.0 Å². The largest absolute Gasteiger partial charge is 0.308 e. The molecule has 0 aromatic carbocycles. The van der Waals surface area contributed by atoms with E-state index in [1.165, 1.54) is 12.1 Å². The van der Waals surface area contributed by atoms with Crippen LogP contribution < -0.4 is 5.32 Å². The highest BCUT2D eigenvalue weighted by Crippen LogP contribution is 2.20. The van der Waals surface area contributed by atoms with E-state index in [4.69, 9.17) is 0 Å². The van der Waals surface area contributed by atoms with Crippen LogP contribution in [-0.2, 0) is 7.05 Å². The van der Waals surface area contributed by atoms with Crippen molar-refractivity contribution in [2.75, 3.05) is 6.54 Å². The van der Waals surface area contributed by atoms with Gasteiger partial charge in [0.05, 0.1) is 17.9 Å². The minimum Gasteiger partial charge on any atom is -0.308 e. The van der Waals surface area contributed by atoms with Crippen LogP contribution in [0.2, 0.25) is 0 Å². The van der Waals surface area contributed by atoms with Crippen LogP contribution in [0.15, 0.2) is 6.20 Å². The van der Waals surface area contributed by atoms with E-state index >= 15 is 0 Å². The fourth-order valence-corrected chi connectivity index (χ4v) is 1.15. The summed E-state index contributed by atoms with van der Waals surface area (Å²) in [4.78, 5) is 0. The van der Waals surface area contributed by atoms with Gasteiger partial charge in [0.2, 0.25) is 0 Å². The summed E-state index contributed by atoms with van der Waals surface area (Å²) < 4.78 is 1.82. The lowest BCUT2D eigenvalue weighted by atomic mass is 10.0. The highest BCUT2D eigenvalue weighted by Gasteiger charge is 2.21. The van der Waals surface area contributed by atoms with E-state index in [-0.39, 0.29) is 0 Å². The van der Waals surface area contributed by atoms with Gasteiger partial charge in [-0.3, -0.25) is 4.68 Å². The second-order valence-corrected chi connectivity index (χ2v) is 2.58. The molecule has 10 heavy (non-hydrogen) atoms. The zero-order valence-electron chi connectivity index (χ0n) is 5.91. The summed E-state index contributed by atoms with van der Waals surface area (Å²) in [6, 6.07) is 0.500. The van der Waals surface area contributed by atoms with Crippen LogP contribution in [0.3, 0.4) is 0 Å². The zero-order valence-corrected chi connectivity index (χ0v) is 5.91. The Hall–Kier alpha value is -0.900. The lowest BCUT2D eigenvalue weighted by molar-refractivity contribution is 0.363. The minimum absolute atomic E-state index is 0.500. The summed E-state index contributed by atoms with van der Waals surface area (Å²) >= 11 is 0. The Labute approximate surface area is 59.2 Å². The summed E-state index contributed by atoms with van der Waals surface area (Å²) in [6.45, 7) is 1.12. The van der Waals surface area contributed by atoms with Gasteiger partial charge in [0.15, 0.2) is 0 Å². The van der Waals surface area contributed by atoms with Crippen molar-refractivity contribution in [1.29, 1.82) is 0 Å². The lowest BCUT2D eigenvalue weighted by Gasteiger charge is -2.26. The molecule has 1 aliphatic rings. The van der Waals surface area contributed by atoms with E-state index in [0.29, 0.717) is 6.04 Å². The van der Waals surface area contributed by atoms with Gasteiger partial charge in [0.1, 0.15) is 0 Å². The van der Waals surface area contributed by atoms with Crippen molar-refractivity contribution in [3.63, 3.8) is 0 Å². The quantitative estimate of drug-likeness (QED) is 0.587. The molecule has 54 valence electrons. The van der Waals surface area contributed by atoms with E-state index in [1.54, 1.807) is 0 Å². The molecule has 2 heterocycles. The van der Waals surface area contributed by atoms with Crippen molar-refractivity contribution in [1.82, 2.24) is 20.3 Å². The first-order valence-corrected chi connectivity index (χ1v) is 3.46. The number of aryl methyl sites for hydroxylation is 1. The molecule has 0 bridgehead atoms. The molecule has 1 atom stereocenters. The predicted molar refractivity (Wildman–Crippen MR) is 36.4 cm³/mol. The second kappa shape index (κ2) is 2.05. The van der Waals surface area contributed by atoms with Gasteiger partial charge in [-0.2, -0.15) is 0 Å². The van der Waals surface area contributed by atoms with E-state index in [2.05, 4.69) is 15.6 Å². The third kappa shape index (κ3) is 0.724. The van der Waals surface area contributed by atoms with Crippen LogP contribution in [0, 0.1) is 0 Å². The van der Waals surface area contributed by atoms with Gasteiger partial charge >= 0.3 is 0 Å². The Kier molecular flexibility index (Phi) is 1.20. The molecule has 2 rings (SSSR count). The summed E-state index contributed by atoms with van der Waals surface area (Å²) in [5, 5.41) is 10.9. The SMILES string of the molecule is Cn1nncc1C1CCN1. The molecule has 0 radical (unpaired) electrons. The molecule has 0 aliphatic carbocycles. The zero-order chi connectivity index (χ0) is 6.97. The van der Waals surface area contributed by atoms with Gasteiger partial charge in [-0.1, -0.05) is 5.21 Å². The highest BCUT2D eigenvalue weighted by atomic mass is 15.4. The molecule has 0 saturated carbocycles. The van der Waals surface area contributed by atoms with Crippen LogP contribution in [0.25, 0.3) is 0 Å². The number of aromatic nitrogens is 3. The molecule has 1 unspecified atom stereocenters. The molecular weight excluding hydrogens is 128 g/mol.